The van der Waals surface area contributed by atoms with Crippen LogP contribution in [0.1, 0.15) is 73.8 Å². The van der Waals surface area contributed by atoms with Crippen molar-refractivity contribution in [2.24, 2.45) is 7.05 Å². The number of carbonyl (C=O) groups is 6. The molecule has 11 rings (SSSR count). The van der Waals surface area contributed by atoms with E-state index in [4.69, 9.17) is 21.1 Å². The highest BCUT2D eigenvalue weighted by Gasteiger charge is 2.48. The standard InChI is InChI=1S/C50H48ClN7O9/c1-27-42(28(2)54(3)53-27)44-36(51)17-16-34-33(13-8-22-66-38-14-6-10-29-9-4-5-11-32(29)38)46(50(64)65)56(45(34)44)21-20-55-24-30-23-31(25-55)57(30)41(60)26-67-39-15-7-12-35-43(39)49(63)58(48(35)62)37-18-19-40(59)52-47(37)61/h4-7,9-12,14-17,30-31,37H,8,13,18-26H2,1-3H3,(H,64,65)(H,52,59,61). The predicted molar refractivity (Wildman–Crippen MR) is 247 cm³/mol. The van der Waals surface area contributed by atoms with E-state index in [0.29, 0.717) is 56.2 Å². The van der Waals surface area contributed by atoms with Crippen molar-refractivity contribution in [2.75, 3.05) is 32.8 Å². The van der Waals surface area contributed by atoms with Crippen LogP contribution >= 0.6 is 11.6 Å². The number of benzene rings is 4. The van der Waals surface area contributed by atoms with Crippen LogP contribution in [0.3, 0.4) is 0 Å². The van der Waals surface area contributed by atoms with Crippen molar-refractivity contribution in [1.29, 1.82) is 0 Å². The van der Waals surface area contributed by atoms with Gasteiger partial charge in [-0.25, -0.2) is 4.79 Å². The zero-order chi connectivity index (χ0) is 46.8. The number of piperazine rings is 1. The van der Waals surface area contributed by atoms with Crippen molar-refractivity contribution in [1.82, 2.24) is 34.4 Å². The Morgan fingerprint density at radius 3 is 2.34 bits per heavy atom. The monoisotopic (exact) mass is 925 g/mol. The van der Waals surface area contributed by atoms with E-state index in [1.165, 1.54) is 12.1 Å². The highest BCUT2D eigenvalue weighted by Crippen LogP contribution is 2.43. The van der Waals surface area contributed by atoms with E-state index < -0.39 is 35.6 Å². The fourth-order valence-corrected chi connectivity index (χ4v) is 10.9. The quantitative estimate of drug-likeness (QED) is 0.0974. The Morgan fingerprint density at radius 1 is 0.851 bits per heavy atom. The van der Waals surface area contributed by atoms with Crippen LogP contribution in [0, 0.1) is 13.8 Å². The lowest BCUT2D eigenvalue weighted by Gasteiger charge is -2.56. The number of carbonyl (C=O) groups excluding carboxylic acids is 5. The fraction of sp³-hybridized carbons (Fsp3) is 0.340. The first-order chi connectivity index (χ1) is 32.3. The number of hydrogen-bond donors (Lipinski definition) is 2. The van der Waals surface area contributed by atoms with Crippen LogP contribution in [0.15, 0.2) is 72.8 Å². The zero-order valence-electron chi connectivity index (χ0n) is 37.2. The van der Waals surface area contributed by atoms with Gasteiger partial charge < -0.3 is 24.0 Å². The van der Waals surface area contributed by atoms with Crippen LogP contribution in [0.4, 0.5) is 0 Å². The molecule has 16 nitrogen and oxygen atoms in total. The Labute approximate surface area is 389 Å². The van der Waals surface area contributed by atoms with Gasteiger partial charge in [0, 0.05) is 79.3 Å². The van der Waals surface area contributed by atoms with Gasteiger partial charge in [0.05, 0.1) is 34.0 Å². The Hall–Kier alpha value is -7.04. The third kappa shape index (κ3) is 7.57. The number of nitrogens with zero attached hydrogens (tertiary/aromatic N) is 6. The van der Waals surface area contributed by atoms with Gasteiger partial charge in [0.15, 0.2) is 6.61 Å². The van der Waals surface area contributed by atoms with Crippen LogP contribution in [0.5, 0.6) is 11.5 Å². The van der Waals surface area contributed by atoms with Gasteiger partial charge in [0.25, 0.3) is 17.7 Å². The molecule has 4 aromatic carbocycles. The van der Waals surface area contributed by atoms with E-state index in [1.54, 1.807) is 15.6 Å². The van der Waals surface area contributed by atoms with E-state index in [2.05, 4.69) is 15.3 Å². The maximum absolute atomic E-state index is 13.7. The molecule has 4 fully saturated rings. The third-order valence-electron chi connectivity index (χ3n) is 13.8. The molecule has 5 aliphatic heterocycles. The molecule has 344 valence electrons. The number of carboxylic acid groups (broad SMARTS) is 1. The summed E-state index contributed by atoms with van der Waals surface area (Å²) in [6.07, 6.45) is 1.83. The van der Waals surface area contributed by atoms with Crippen molar-refractivity contribution >= 4 is 68.8 Å². The molecule has 2 aromatic heterocycles. The molecular formula is C50H48ClN7O9. The first kappa shape index (κ1) is 43.8. The van der Waals surface area contributed by atoms with Gasteiger partial charge >= 0.3 is 5.97 Å². The van der Waals surface area contributed by atoms with Crippen molar-refractivity contribution in [3.05, 3.63) is 112 Å². The number of aromatic nitrogens is 3. The molecule has 7 heterocycles. The van der Waals surface area contributed by atoms with Crippen molar-refractivity contribution < 1.29 is 43.3 Å². The van der Waals surface area contributed by atoms with Crippen molar-refractivity contribution in [3.8, 4) is 22.6 Å². The lowest BCUT2D eigenvalue weighted by molar-refractivity contribution is -0.156. The number of fused-ring (bicyclic) bond motifs is 5. The first-order valence-electron chi connectivity index (χ1n) is 22.5. The molecule has 0 spiro atoms. The van der Waals surface area contributed by atoms with Crippen LogP contribution in [-0.2, 0) is 34.4 Å². The number of halogens is 1. The lowest BCUT2D eigenvalue weighted by Crippen LogP contribution is -2.70. The molecule has 4 saturated heterocycles. The minimum atomic E-state index is -1.13. The number of aromatic carboxylic acids is 1. The molecular weight excluding hydrogens is 878 g/mol. The van der Waals surface area contributed by atoms with Crippen LogP contribution in [0.25, 0.3) is 32.8 Å². The highest BCUT2D eigenvalue weighted by molar-refractivity contribution is 6.35. The van der Waals surface area contributed by atoms with E-state index in [1.807, 2.05) is 80.1 Å². The van der Waals surface area contributed by atoms with E-state index in [9.17, 15) is 33.9 Å². The molecule has 67 heavy (non-hydrogen) atoms. The number of imide groups is 2. The van der Waals surface area contributed by atoms with Crippen LogP contribution in [0.2, 0.25) is 5.02 Å². The molecule has 6 aromatic rings. The summed E-state index contributed by atoms with van der Waals surface area (Å²) >= 11 is 7.09. The average molecular weight is 926 g/mol. The number of aryl methyl sites for hydroxylation is 3. The number of carboxylic acids is 1. The summed E-state index contributed by atoms with van der Waals surface area (Å²) in [6, 6.07) is 20.9. The van der Waals surface area contributed by atoms with E-state index in [0.717, 1.165) is 61.3 Å². The summed E-state index contributed by atoms with van der Waals surface area (Å²) in [6.45, 7) is 5.89. The molecule has 0 saturated carbocycles. The summed E-state index contributed by atoms with van der Waals surface area (Å²) in [4.78, 5) is 83.4. The zero-order valence-corrected chi connectivity index (χ0v) is 38.0. The number of amides is 5. The molecule has 3 atom stereocenters. The van der Waals surface area contributed by atoms with Crippen LogP contribution < -0.4 is 14.8 Å². The molecule has 3 unspecified atom stereocenters. The Kier molecular flexibility index (Phi) is 11.3. The third-order valence-corrected chi connectivity index (χ3v) is 14.1. The van der Waals surface area contributed by atoms with Gasteiger partial charge in [0.1, 0.15) is 23.2 Å². The number of rotatable bonds is 14. The van der Waals surface area contributed by atoms with E-state index in [-0.39, 0.29) is 60.0 Å². The Morgan fingerprint density at radius 2 is 1.60 bits per heavy atom. The second-order valence-corrected chi connectivity index (χ2v) is 18.1. The molecule has 5 amide bonds. The number of ether oxygens (including phenoxy) is 2. The normalized spacial score (nSPS) is 19.3. The molecule has 0 radical (unpaired) electrons. The largest absolute Gasteiger partial charge is 0.493 e. The topological polar surface area (TPSA) is 186 Å². The number of nitrogens with one attached hydrogen (secondary N) is 1. The minimum absolute atomic E-state index is 0.00336. The Bertz CT molecular complexity index is 3070. The van der Waals surface area contributed by atoms with Gasteiger partial charge in [-0.05, 0) is 74.7 Å². The first-order valence-corrected chi connectivity index (χ1v) is 22.9. The maximum atomic E-state index is 13.7. The summed E-state index contributed by atoms with van der Waals surface area (Å²) in [5.41, 5.74) is 4.96. The molecule has 2 bridgehead atoms. The second-order valence-electron chi connectivity index (χ2n) is 17.7. The highest BCUT2D eigenvalue weighted by atomic mass is 35.5. The van der Waals surface area contributed by atoms with E-state index >= 15 is 0 Å². The SMILES string of the molecule is Cc1nn(C)c(C)c1-c1c(Cl)ccc2c(CCCOc3cccc4ccccc34)c(C(=O)O)n(CCN3CC4CC(C3)N4C(=O)COc3cccc4c3C(=O)N(C3CCC(=O)NC3=O)C4=O)c12. The molecule has 2 N–H and O–H groups in total. The van der Waals surface area contributed by atoms with Gasteiger partial charge in [-0.15, -0.1) is 0 Å². The predicted octanol–water partition coefficient (Wildman–Crippen LogP) is 5.94. The molecule has 0 aliphatic carbocycles. The summed E-state index contributed by atoms with van der Waals surface area (Å²) in [5.74, 6) is -3.02. The summed E-state index contributed by atoms with van der Waals surface area (Å²) < 4.78 is 15.9. The number of hydrogen-bond acceptors (Lipinski definition) is 10. The summed E-state index contributed by atoms with van der Waals surface area (Å²) in [5, 5.41) is 21.3. The molecule has 17 heteroatoms. The van der Waals surface area contributed by atoms with Crippen molar-refractivity contribution in [2.45, 2.75) is 70.6 Å². The average Bonchev–Trinajstić information content (AvgIpc) is 3.86. The number of piperidine rings is 2. The minimum Gasteiger partial charge on any atom is -0.493 e. The second kappa shape index (κ2) is 17.3. The van der Waals surface area contributed by atoms with Gasteiger partial charge in [-0.3, -0.25) is 43.8 Å². The van der Waals surface area contributed by atoms with Gasteiger partial charge in [0.2, 0.25) is 11.8 Å². The maximum Gasteiger partial charge on any atom is 0.352 e. The lowest BCUT2D eigenvalue weighted by atomic mass is 9.87. The van der Waals surface area contributed by atoms with Crippen molar-refractivity contribution in [3.63, 3.8) is 0 Å². The smallest absolute Gasteiger partial charge is 0.352 e. The van der Waals surface area contributed by atoms with Crippen LogP contribution in [-0.4, -0.2) is 121 Å². The van der Waals surface area contributed by atoms with Gasteiger partial charge in [-0.2, -0.15) is 5.10 Å². The fourth-order valence-electron chi connectivity index (χ4n) is 10.7. The summed E-state index contributed by atoms with van der Waals surface area (Å²) in [7, 11) is 1.88. The molecule has 5 aliphatic rings. The Balaban J connectivity index is 0.856. The van der Waals surface area contributed by atoms with Gasteiger partial charge in [-0.1, -0.05) is 60.1 Å².